The lowest BCUT2D eigenvalue weighted by molar-refractivity contribution is -0.119. The molecule has 0 bridgehead atoms. The summed E-state index contributed by atoms with van der Waals surface area (Å²) in [7, 11) is -1.86. The molecular weight excluding hydrogens is 280 g/mol. The molecule has 1 heterocycles. The molecule has 1 aliphatic rings. The summed E-state index contributed by atoms with van der Waals surface area (Å²) in [4.78, 5) is 11.5. The molecule has 20 heavy (non-hydrogen) atoms. The Morgan fingerprint density at radius 3 is 2.85 bits per heavy atom. The average molecular weight is 298 g/mol. The van der Waals surface area contributed by atoms with Gasteiger partial charge in [0.25, 0.3) is 0 Å². The number of ether oxygens (including phenoxy) is 1. The lowest BCUT2D eigenvalue weighted by atomic mass is 10.0. The molecule has 1 aromatic rings. The lowest BCUT2D eigenvalue weighted by Crippen LogP contribution is -2.34. The maximum atomic E-state index is 11.8. The number of nitrogens with zero attached hydrogens (tertiary/aromatic N) is 1. The zero-order chi connectivity index (χ0) is 14.8. The smallest absolute Gasteiger partial charge is 0.250 e. The Morgan fingerprint density at radius 1 is 1.45 bits per heavy atom. The van der Waals surface area contributed by atoms with Gasteiger partial charge in [0.15, 0.2) is 0 Å². The summed E-state index contributed by atoms with van der Waals surface area (Å²) in [6, 6.07) is 5.33. The van der Waals surface area contributed by atoms with Crippen LogP contribution >= 0.6 is 0 Å². The van der Waals surface area contributed by atoms with E-state index in [0.717, 1.165) is 18.4 Å². The monoisotopic (exact) mass is 298 g/mol. The third-order valence-corrected chi connectivity index (χ3v) is 4.30. The Morgan fingerprint density at radius 2 is 2.20 bits per heavy atom. The fourth-order valence-electron chi connectivity index (χ4n) is 2.29. The van der Waals surface area contributed by atoms with Gasteiger partial charge in [-0.3, -0.25) is 9.10 Å². The number of anilines is 2. The van der Waals surface area contributed by atoms with Gasteiger partial charge in [0, 0.05) is 19.3 Å². The number of fused-ring (bicyclic) bond motifs is 1. The Labute approximate surface area is 118 Å². The van der Waals surface area contributed by atoms with Gasteiger partial charge in [0.05, 0.1) is 11.9 Å². The fraction of sp³-hybridized carbons (Fsp3) is 0.462. The quantitative estimate of drug-likeness (QED) is 0.899. The van der Waals surface area contributed by atoms with Gasteiger partial charge in [0.1, 0.15) is 6.61 Å². The Bertz CT molecular complexity index is 613. The Balaban J connectivity index is 2.31. The summed E-state index contributed by atoms with van der Waals surface area (Å²) in [5.41, 5.74) is 2.20. The van der Waals surface area contributed by atoms with E-state index in [0.29, 0.717) is 17.9 Å². The van der Waals surface area contributed by atoms with Crippen molar-refractivity contribution in [1.82, 2.24) is 0 Å². The zero-order valence-corrected chi connectivity index (χ0v) is 12.4. The lowest BCUT2D eigenvalue weighted by Gasteiger charge is -2.29. The van der Waals surface area contributed by atoms with E-state index in [9.17, 15) is 13.2 Å². The summed E-state index contributed by atoms with van der Waals surface area (Å²) in [5.74, 6) is -0.269. The summed E-state index contributed by atoms with van der Waals surface area (Å²) in [6.45, 7) is 0.439. The number of rotatable bonds is 4. The van der Waals surface area contributed by atoms with Crippen LogP contribution in [0.5, 0.6) is 0 Å². The predicted octanol–water partition coefficient (Wildman–Crippen LogP) is 0.984. The number of nitrogens with one attached hydrogen (secondary N) is 1. The first-order valence-electron chi connectivity index (χ1n) is 6.31. The van der Waals surface area contributed by atoms with Gasteiger partial charge in [-0.05, 0) is 30.5 Å². The second-order valence-corrected chi connectivity index (χ2v) is 6.67. The highest BCUT2D eigenvalue weighted by molar-refractivity contribution is 7.92. The predicted molar refractivity (Wildman–Crippen MR) is 77.5 cm³/mol. The van der Waals surface area contributed by atoms with Crippen LogP contribution in [0.3, 0.4) is 0 Å². The molecule has 0 fully saturated rings. The largest absolute Gasteiger partial charge is 0.375 e. The molecule has 2 rings (SSSR count). The number of aryl methyl sites for hydroxylation is 1. The van der Waals surface area contributed by atoms with E-state index in [-0.39, 0.29) is 12.5 Å². The van der Waals surface area contributed by atoms with Crippen molar-refractivity contribution in [2.45, 2.75) is 12.8 Å². The molecule has 0 saturated carbocycles. The van der Waals surface area contributed by atoms with Crippen molar-refractivity contribution in [3.8, 4) is 0 Å². The molecule has 110 valence electrons. The number of hydrogen-bond donors (Lipinski definition) is 1. The van der Waals surface area contributed by atoms with Gasteiger partial charge >= 0.3 is 0 Å². The molecule has 1 aromatic carbocycles. The minimum absolute atomic E-state index is 0.0348. The van der Waals surface area contributed by atoms with E-state index in [4.69, 9.17) is 4.74 Å². The summed E-state index contributed by atoms with van der Waals surface area (Å²) < 4.78 is 29.7. The van der Waals surface area contributed by atoms with E-state index in [1.54, 1.807) is 12.1 Å². The molecule has 0 aliphatic carbocycles. The van der Waals surface area contributed by atoms with Crippen molar-refractivity contribution in [3.63, 3.8) is 0 Å². The van der Waals surface area contributed by atoms with Crippen LogP contribution in [0.2, 0.25) is 0 Å². The molecule has 1 aliphatic heterocycles. The number of carbonyl (C=O) groups is 1. The first kappa shape index (κ1) is 14.8. The summed E-state index contributed by atoms with van der Waals surface area (Å²) >= 11 is 0. The van der Waals surface area contributed by atoms with Crippen molar-refractivity contribution in [2.75, 3.05) is 36.1 Å². The van der Waals surface area contributed by atoms with Crippen molar-refractivity contribution in [2.24, 2.45) is 0 Å². The fourth-order valence-corrected chi connectivity index (χ4v) is 3.28. The van der Waals surface area contributed by atoms with E-state index < -0.39 is 10.0 Å². The molecule has 0 saturated heterocycles. The molecule has 1 N–H and O–H groups in total. The number of hydrogen-bond acceptors (Lipinski definition) is 4. The van der Waals surface area contributed by atoms with Crippen LogP contribution in [0.4, 0.5) is 11.4 Å². The molecule has 0 radical (unpaired) electrons. The average Bonchev–Trinajstić information content (AvgIpc) is 2.37. The SMILES string of the molecule is COCC(=O)Nc1ccc2c(c1)N(S(C)(=O)=O)CCC2. The van der Waals surface area contributed by atoms with Gasteiger partial charge in [-0.25, -0.2) is 8.42 Å². The van der Waals surface area contributed by atoms with Crippen LogP contribution < -0.4 is 9.62 Å². The van der Waals surface area contributed by atoms with Crippen LogP contribution in [0.25, 0.3) is 0 Å². The van der Waals surface area contributed by atoms with Crippen LogP contribution in [-0.4, -0.2) is 40.8 Å². The molecule has 0 unspecified atom stereocenters. The maximum Gasteiger partial charge on any atom is 0.250 e. The van der Waals surface area contributed by atoms with E-state index >= 15 is 0 Å². The number of methoxy groups -OCH3 is 1. The third-order valence-electron chi connectivity index (χ3n) is 3.12. The van der Waals surface area contributed by atoms with Crippen molar-refractivity contribution >= 4 is 27.3 Å². The third kappa shape index (κ3) is 3.29. The minimum atomic E-state index is -3.30. The molecule has 1 amide bonds. The highest BCUT2D eigenvalue weighted by Gasteiger charge is 2.24. The number of amides is 1. The van der Waals surface area contributed by atoms with Gasteiger partial charge < -0.3 is 10.1 Å². The molecular formula is C13H18N2O4S. The van der Waals surface area contributed by atoms with E-state index in [1.807, 2.05) is 6.07 Å². The number of carbonyl (C=O) groups excluding carboxylic acids is 1. The molecule has 7 heteroatoms. The van der Waals surface area contributed by atoms with Gasteiger partial charge in [-0.1, -0.05) is 6.07 Å². The van der Waals surface area contributed by atoms with Crippen LogP contribution in [0.15, 0.2) is 18.2 Å². The van der Waals surface area contributed by atoms with Crippen LogP contribution in [0, 0.1) is 0 Å². The zero-order valence-electron chi connectivity index (χ0n) is 11.5. The topological polar surface area (TPSA) is 75.7 Å². The van der Waals surface area contributed by atoms with Gasteiger partial charge in [-0.2, -0.15) is 0 Å². The summed E-state index contributed by atoms with van der Waals surface area (Å²) in [5, 5.41) is 2.68. The molecule has 0 atom stereocenters. The molecule has 6 nitrogen and oxygen atoms in total. The van der Waals surface area contributed by atoms with Crippen molar-refractivity contribution < 1.29 is 17.9 Å². The van der Waals surface area contributed by atoms with Gasteiger partial charge in [0.2, 0.25) is 15.9 Å². The van der Waals surface area contributed by atoms with E-state index in [2.05, 4.69) is 5.32 Å². The first-order valence-corrected chi connectivity index (χ1v) is 8.16. The van der Waals surface area contributed by atoms with Crippen LogP contribution in [0.1, 0.15) is 12.0 Å². The second kappa shape index (κ2) is 5.80. The number of benzene rings is 1. The number of sulfonamides is 1. The summed E-state index contributed by atoms with van der Waals surface area (Å²) in [6.07, 6.45) is 2.83. The standard InChI is InChI=1S/C13H18N2O4S/c1-19-9-13(16)14-11-6-5-10-4-3-7-15(12(10)8-11)20(2,17)18/h5-6,8H,3-4,7,9H2,1-2H3,(H,14,16). The molecule has 0 aromatic heterocycles. The van der Waals surface area contributed by atoms with Crippen molar-refractivity contribution in [1.29, 1.82) is 0 Å². The highest BCUT2D eigenvalue weighted by atomic mass is 32.2. The van der Waals surface area contributed by atoms with Crippen molar-refractivity contribution in [3.05, 3.63) is 23.8 Å². The van der Waals surface area contributed by atoms with E-state index in [1.165, 1.54) is 17.7 Å². The second-order valence-electron chi connectivity index (χ2n) is 4.76. The molecule has 0 spiro atoms. The first-order chi connectivity index (χ1) is 9.41. The maximum absolute atomic E-state index is 11.8. The van der Waals surface area contributed by atoms with Gasteiger partial charge in [-0.15, -0.1) is 0 Å². The Kier molecular flexibility index (Phi) is 4.29. The highest BCUT2D eigenvalue weighted by Crippen LogP contribution is 2.31. The minimum Gasteiger partial charge on any atom is -0.375 e. The Hall–Kier alpha value is -1.60. The normalized spacial score (nSPS) is 14.8. The van der Waals surface area contributed by atoms with Crippen LogP contribution in [-0.2, 0) is 26.0 Å².